The molecule has 1 unspecified atom stereocenters. The number of hydrogen-bond donors (Lipinski definition) is 1. The van der Waals surface area contributed by atoms with Crippen molar-refractivity contribution in [1.82, 2.24) is 9.97 Å². The van der Waals surface area contributed by atoms with Crippen LogP contribution in [0.2, 0.25) is 5.02 Å². The summed E-state index contributed by atoms with van der Waals surface area (Å²) in [5.74, 6) is 0.566. The van der Waals surface area contributed by atoms with E-state index in [-0.39, 0.29) is 11.9 Å². The number of fused-ring (bicyclic) bond motifs is 4. The van der Waals surface area contributed by atoms with Gasteiger partial charge in [0.15, 0.2) is 0 Å². The zero-order chi connectivity index (χ0) is 20.0. The molecule has 3 aromatic rings. The molecular formula is C21H19ClN4O2S. The smallest absolute Gasteiger partial charge is 0.309 e. The predicted molar refractivity (Wildman–Crippen MR) is 116 cm³/mol. The molecule has 5 rings (SSSR count). The number of esters is 1. The number of halogens is 1. The predicted octanol–water partition coefficient (Wildman–Crippen LogP) is 4.69. The Bertz CT molecular complexity index is 1160. The number of anilines is 2. The Morgan fingerprint density at radius 3 is 3.14 bits per heavy atom. The van der Waals surface area contributed by atoms with Crippen LogP contribution in [0, 0.1) is 5.92 Å². The molecule has 2 aliphatic rings. The Labute approximate surface area is 177 Å². The molecule has 1 aromatic carbocycles. The van der Waals surface area contributed by atoms with Crippen LogP contribution in [0.25, 0.3) is 10.2 Å². The second kappa shape index (κ2) is 7.39. The summed E-state index contributed by atoms with van der Waals surface area (Å²) in [7, 11) is 0. The molecule has 0 amide bonds. The summed E-state index contributed by atoms with van der Waals surface area (Å²) in [6.45, 7) is 2.93. The number of carbonyl (C=O) groups is 1. The molecule has 0 bridgehead atoms. The summed E-state index contributed by atoms with van der Waals surface area (Å²) in [6, 6.07) is 3.97. The molecule has 1 aliphatic carbocycles. The number of aliphatic imine (C=N–C) groups is 1. The van der Waals surface area contributed by atoms with Crippen LogP contribution in [0.1, 0.15) is 34.9 Å². The van der Waals surface area contributed by atoms with Crippen molar-refractivity contribution in [3.05, 3.63) is 45.1 Å². The van der Waals surface area contributed by atoms with Gasteiger partial charge in [-0.3, -0.25) is 9.79 Å². The molecule has 2 aromatic heterocycles. The highest BCUT2D eigenvalue weighted by Gasteiger charge is 2.30. The zero-order valence-corrected chi connectivity index (χ0v) is 17.4. The van der Waals surface area contributed by atoms with Gasteiger partial charge in [0.05, 0.1) is 35.2 Å². The standard InChI is InChI=1S/C21H19ClN4O2S/c1-2-28-21(27)11-3-4-14-17(7-11)29-20-18(14)19(24-10-25-20)26-16-6-13-9-23-8-12(13)5-15(16)22/h5-6,9-11H,2-4,7-8H2,1H3,(H,24,25,26). The Kier molecular flexibility index (Phi) is 4.72. The lowest BCUT2D eigenvalue weighted by Gasteiger charge is -2.20. The average molecular weight is 427 g/mol. The molecule has 0 fully saturated rings. The van der Waals surface area contributed by atoms with Crippen LogP contribution in [0.15, 0.2) is 23.5 Å². The lowest BCUT2D eigenvalue weighted by molar-refractivity contribution is -0.148. The summed E-state index contributed by atoms with van der Waals surface area (Å²) >= 11 is 8.13. The molecular weight excluding hydrogens is 408 g/mol. The van der Waals surface area contributed by atoms with Crippen LogP contribution in [-0.2, 0) is 28.9 Å². The Morgan fingerprint density at radius 2 is 2.28 bits per heavy atom. The van der Waals surface area contributed by atoms with Crippen molar-refractivity contribution in [2.45, 2.75) is 32.7 Å². The van der Waals surface area contributed by atoms with Crippen LogP contribution in [0.3, 0.4) is 0 Å². The quantitative estimate of drug-likeness (QED) is 0.612. The first-order valence-electron chi connectivity index (χ1n) is 9.65. The number of rotatable bonds is 4. The highest BCUT2D eigenvalue weighted by atomic mass is 35.5. The molecule has 29 heavy (non-hydrogen) atoms. The van der Waals surface area contributed by atoms with Gasteiger partial charge in [0.2, 0.25) is 0 Å². The number of nitrogens with one attached hydrogen (secondary N) is 1. The van der Waals surface area contributed by atoms with Crippen molar-refractivity contribution in [1.29, 1.82) is 0 Å². The van der Waals surface area contributed by atoms with Gasteiger partial charge >= 0.3 is 5.97 Å². The first kappa shape index (κ1) is 18.5. The third kappa shape index (κ3) is 3.28. The molecule has 148 valence electrons. The molecule has 1 N–H and O–H groups in total. The fourth-order valence-electron chi connectivity index (χ4n) is 4.02. The Balaban J connectivity index is 1.51. The number of ether oxygens (including phenoxy) is 1. The zero-order valence-electron chi connectivity index (χ0n) is 15.9. The van der Waals surface area contributed by atoms with E-state index in [1.54, 1.807) is 17.7 Å². The maximum atomic E-state index is 12.2. The van der Waals surface area contributed by atoms with Crippen molar-refractivity contribution in [2.75, 3.05) is 11.9 Å². The largest absolute Gasteiger partial charge is 0.466 e. The fourth-order valence-corrected chi connectivity index (χ4v) is 5.52. The summed E-state index contributed by atoms with van der Waals surface area (Å²) in [5, 5.41) is 5.08. The molecule has 0 saturated carbocycles. The number of benzene rings is 1. The maximum Gasteiger partial charge on any atom is 0.309 e. The fraction of sp³-hybridized carbons (Fsp3) is 0.333. The summed E-state index contributed by atoms with van der Waals surface area (Å²) < 4.78 is 5.22. The van der Waals surface area contributed by atoms with E-state index < -0.39 is 0 Å². The molecule has 0 spiro atoms. The van der Waals surface area contributed by atoms with Crippen molar-refractivity contribution in [2.24, 2.45) is 10.9 Å². The lowest BCUT2D eigenvalue weighted by atomic mass is 9.88. The minimum absolute atomic E-state index is 0.0784. The van der Waals surface area contributed by atoms with Crippen LogP contribution in [-0.4, -0.2) is 28.8 Å². The molecule has 0 radical (unpaired) electrons. The number of nitrogens with zero attached hydrogens (tertiary/aromatic N) is 3. The van der Waals surface area contributed by atoms with Crippen molar-refractivity contribution < 1.29 is 9.53 Å². The van der Waals surface area contributed by atoms with Crippen LogP contribution < -0.4 is 5.32 Å². The number of hydrogen-bond acceptors (Lipinski definition) is 7. The third-order valence-electron chi connectivity index (χ3n) is 5.44. The van der Waals surface area contributed by atoms with E-state index in [0.717, 1.165) is 45.7 Å². The van der Waals surface area contributed by atoms with E-state index in [1.165, 1.54) is 10.4 Å². The lowest BCUT2D eigenvalue weighted by Crippen LogP contribution is -2.23. The normalized spacial score (nSPS) is 17.2. The third-order valence-corrected chi connectivity index (χ3v) is 6.91. The van der Waals surface area contributed by atoms with Gasteiger partial charge in [-0.15, -0.1) is 11.3 Å². The summed E-state index contributed by atoms with van der Waals surface area (Å²) in [4.78, 5) is 27.6. The van der Waals surface area contributed by atoms with Gasteiger partial charge in [0.1, 0.15) is 17.0 Å². The van der Waals surface area contributed by atoms with E-state index >= 15 is 0 Å². The molecule has 1 aliphatic heterocycles. The monoisotopic (exact) mass is 426 g/mol. The van der Waals surface area contributed by atoms with Gasteiger partial charge in [0.25, 0.3) is 0 Å². The highest BCUT2D eigenvalue weighted by Crippen LogP contribution is 2.41. The van der Waals surface area contributed by atoms with E-state index in [0.29, 0.717) is 24.6 Å². The second-order valence-corrected chi connectivity index (χ2v) is 8.71. The van der Waals surface area contributed by atoms with E-state index in [9.17, 15) is 4.79 Å². The van der Waals surface area contributed by atoms with Crippen LogP contribution in [0.4, 0.5) is 11.5 Å². The van der Waals surface area contributed by atoms with Crippen LogP contribution in [0.5, 0.6) is 0 Å². The SMILES string of the molecule is CCOC(=O)C1CCc2c(sc3ncnc(Nc4cc5c(cc4Cl)CN=C5)c23)C1. The molecule has 0 saturated heterocycles. The average Bonchev–Trinajstić information content (AvgIpc) is 3.31. The minimum Gasteiger partial charge on any atom is -0.466 e. The first-order chi connectivity index (χ1) is 14.1. The Hall–Kier alpha value is -2.51. The Morgan fingerprint density at radius 1 is 1.38 bits per heavy atom. The number of thiophene rings is 1. The number of aryl methyl sites for hydroxylation is 1. The van der Waals surface area contributed by atoms with Crippen molar-refractivity contribution in [3.63, 3.8) is 0 Å². The molecule has 6 nitrogen and oxygen atoms in total. The highest BCUT2D eigenvalue weighted by molar-refractivity contribution is 7.19. The van der Waals surface area contributed by atoms with Crippen molar-refractivity contribution in [3.8, 4) is 0 Å². The summed E-state index contributed by atoms with van der Waals surface area (Å²) in [5.41, 5.74) is 4.24. The topological polar surface area (TPSA) is 76.5 Å². The van der Waals surface area contributed by atoms with Gasteiger partial charge in [-0.1, -0.05) is 11.6 Å². The van der Waals surface area contributed by atoms with Gasteiger partial charge in [0, 0.05) is 11.1 Å². The van der Waals surface area contributed by atoms with E-state index in [2.05, 4.69) is 20.3 Å². The first-order valence-corrected chi connectivity index (χ1v) is 10.8. The van der Waals surface area contributed by atoms with Gasteiger partial charge in [-0.25, -0.2) is 9.97 Å². The summed E-state index contributed by atoms with van der Waals surface area (Å²) in [6.07, 6.45) is 5.73. The second-order valence-electron chi connectivity index (χ2n) is 7.22. The van der Waals surface area contributed by atoms with Crippen molar-refractivity contribution >= 4 is 56.8 Å². The van der Waals surface area contributed by atoms with Gasteiger partial charge in [-0.05, 0) is 55.0 Å². The minimum atomic E-state index is -0.105. The van der Waals surface area contributed by atoms with Gasteiger partial charge < -0.3 is 10.1 Å². The molecule has 3 heterocycles. The molecule has 8 heteroatoms. The van der Waals surface area contributed by atoms with Crippen LogP contribution >= 0.6 is 22.9 Å². The van der Waals surface area contributed by atoms with Gasteiger partial charge in [-0.2, -0.15) is 0 Å². The van der Waals surface area contributed by atoms with E-state index in [4.69, 9.17) is 16.3 Å². The van der Waals surface area contributed by atoms with E-state index in [1.807, 2.05) is 25.3 Å². The number of aromatic nitrogens is 2. The number of carbonyl (C=O) groups excluding carboxylic acids is 1. The molecule has 1 atom stereocenters. The maximum absolute atomic E-state index is 12.2.